The maximum absolute atomic E-state index is 12.9. The highest BCUT2D eigenvalue weighted by Gasteiger charge is 2.45. The predicted octanol–water partition coefficient (Wildman–Crippen LogP) is 4.33. The molecule has 1 saturated carbocycles. The Morgan fingerprint density at radius 3 is 2.35 bits per heavy atom. The molecule has 1 heterocycles. The lowest BCUT2D eigenvalue weighted by Crippen LogP contribution is -2.47. The van der Waals surface area contributed by atoms with Crippen LogP contribution in [0.2, 0.25) is 0 Å². The maximum atomic E-state index is 12.9. The van der Waals surface area contributed by atoms with Crippen LogP contribution in [0.3, 0.4) is 0 Å². The topological polar surface area (TPSA) is 53.8 Å². The first kappa shape index (κ1) is 16.7. The van der Waals surface area contributed by atoms with Gasteiger partial charge in [-0.05, 0) is 29.5 Å². The minimum absolute atomic E-state index is 0.0290. The highest BCUT2D eigenvalue weighted by molar-refractivity contribution is 6.20. The third-order valence-corrected chi connectivity index (χ3v) is 5.05. The monoisotopic (exact) mass is 345 g/mol. The Balaban J connectivity index is 1.74. The summed E-state index contributed by atoms with van der Waals surface area (Å²) in [6, 6.07) is 19.8. The van der Waals surface area contributed by atoms with E-state index in [0.717, 1.165) is 23.4 Å². The summed E-state index contributed by atoms with van der Waals surface area (Å²) in [6.45, 7) is 4.30. The van der Waals surface area contributed by atoms with Gasteiger partial charge in [-0.3, -0.25) is 4.79 Å². The predicted molar refractivity (Wildman–Crippen MR) is 106 cm³/mol. The molecule has 0 saturated heterocycles. The van der Waals surface area contributed by atoms with Crippen LogP contribution in [0.4, 0.5) is 5.69 Å². The first-order chi connectivity index (χ1) is 12.5. The standard InChI is InChI=1S/C22H23N3O/c1-22(2)13-17-19(18(26)14-22)20(15-9-5-3-6-10-15)25-21(24-17)23-16-11-7-4-8-12-16/h3-12,17,19H,13-14H2,1-2H3,(H,23,24). The molecule has 0 spiro atoms. The van der Waals surface area contributed by atoms with Gasteiger partial charge in [0.05, 0.1) is 17.7 Å². The Bertz CT molecular complexity index is 869. The maximum Gasteiger partial charge on any atom is 0.223 e. The van der Waals surface area contributed by atoms with Gasteiger partial charge in [0, 0.05) is 12.1 Å². The van der Waals surface area contributed by atoms with E-state index in [-0.39, 0.29) is 23.2 Å². The van der Waals surface area contributed by atoms with Crippen molar-refractivity contribution in [1.29, 1.82) is 0 Å². The number of aliphatic imine (C=N–C) groups is 2. The van der Waals surface area contributed by atoms with Crippen LogP contribution >= 0.6 is 0 Å². The van der Waals surface area contributed by atoms with Crippen molar-refractivity contribution >= 4 is 23.1 Å². The van der Waals surface area contributed by atoms with Crippen molar-refractivity contribution in [3.63, 3.8) is 0 Å². The van der Waals surface area contributed by atoms with E-state index in [4.69, 9.17) is 9.98 Å². The zero-order valence-electron chi connectivity index (χ0n) is 15.1. The summed E-state index contributed by atoms with van der Waals surface area (Å²) in [5.74, 6) is 0.588. The largest absolute Gasteiger partial charge is 0.324 e. The third-order valence-electron chi connectivity index (χ3n) is 5.05. The lowest BCUT2D eigenvalue weighted by atomic mass is 9.67. The number of hydrogen-bond acceptors (Lipinski definition) is 4. The van der Waals surface area contributed by atoms with Gasteiger partial charge < -0.3 is 5.32 Å². The number of Topliss-reactive ketones (excluding diaryl/α,β-unsaturated/α-hetero) is 1. The van der Waals surface area contributed by atoms with E-state index in [2.05, 4.69) is 19.2 Å². The van der Waals surface area contributed by atoms with Gasteiger partial charge in [0.15, 0.2) is 0 Å². The number of nitrogens with one attached hydrogen (secondary N) is 1. The molecule has 2 aromatic carbocycles. The van der Waals surface area contributed by atoms with Gasteiger partial charge in [0.1, 0.15) is 5.78 Å². The summed E-state index contributed by atoms with van der Waals surface area (Å²) < 4.78 is 0. The van der Waals surface area contributed by atoms with Gasteiger partial charge in [-0.1, -0.05) is 62.4 Å². The summed E-state index contributed by atoms with van der Waals surface area (Å²) in [4.78, 5) is 22.5. The highest BCUT2D eigenvalue weighted by atomic mass is 16.1. The molecule has 0 aromatic heterocycles. The Hall–Kier alpha value is -2.75. The fraction of sp³-hybridized carbons (Fsp3) is 0.318. The van der Waals surface area contributed by atoms with Crippen molar-refractivity contribution < 1.29 is 4.79 Å². The average molecular weight is 345 g/mol. The molecule has 1 aliphatic heterocycles. The Morgan fingerprint density at radius 2 is 1.65 bits per heavy atom. The van der Waals surface area contributed by atoms with Gasteiger partial charge in [-0.15, -0.1) is 0 Å². The zero-order chi connectivity index (χ0) is 18.1. The van der Waals surface area contributed by atoms with Crippen LogP contribution in [-0.2, 0) is 4.79 Å². The van der Waals surface area contributed by atoms with E-state index in [0.29, 0.717) is 12.4 Å². The number of nitrogens with zero attached hydrogens (tertiary/aromatic N) is 2. The molecule has 26 heavy (non-hydrogen) atoms. The van der Waals surface area contributed by atoms with Crippen molar-refractivity contribution in [2.24, 2.45) is 21.3 Å². The third kappa shape index (κ3) is 3.32. The number of carbonyl (C=O) groups is 1. The number of hydrogen-bond donors (Lipinski definition) is 1. The second-order valence-electron chi connectivity index (χ2n) is 7.86. The van der Waals surface area contributed by atoms with Crippen molar-refractivity contribution in [1.82, 2.24) is 0 Å². The number of ketones is 1. The van der Waals surface area contributed by atoms with E-state index < -0.39 is 0 Å². The molecule has 1 aliphatic carbocycles. The fourth-order valence-electron chi connectivity index (χ4n) is 3.94. The van der Waals surface area contributed by atoms with Crippen molar-refractivity contribution in [2.75, 3.05) is 5.32 Å². The smallest absolute Gasteiger partial charge is 0.223 e. The summed E-state index contributed by atoms with van der Waals surface area (Å²) >= 11 is 0. The van der Waals surface area contributed by atoms with Gasteiger partial charge in [0.25, 0.3) is 0 Å². The van der Waals surface area contributed by atoms with Gasteiger partial charge in [-0.2, -0.15) is 0 Å². The Morgan fingerprint density at radius 1 is 1.00 bits per heavy atom. The highest BCUT2D eigenvalue weighted by Crippen LogP contribution is 2.40. The Kier molecular flexibility index (Phi) is 4.19. The van der Waals surface area contributed by atoms with Crippen molar-refractivity contribution in [3.05, 3.63) is 66.2 Å². The van der Waals surface area contributed by atoms with Crippen LogP contribution in [0.1, 0.15) is 32.3 Å². The molecule has 1 N–H and O–H groups in total. The molecule has 1 fully saturated rings. The first-order valence-electron chi connectivity index (χ1n) is 9.08. The van der Waals surface area contributed by atoms with E-state index in [9.17, 15) is 4.79 Å². The fourth-order valence-corrected chi connectivity index (χ4v) is 3.94. The second kappa shape index (κ2) is 6.52. The SMILES string of the molecule is CC1(C)CC(=O)C2C(c3ccccc3)=NC(Nc3ccccc3)=NC2C1. The number of benzene rings is 2. The molecule has 2 aliphatic rings. The minimum Gasteiger partial charge on any atom is -0.324 e. The molecular formula is C22H23N3O. The summed E-state index contributed by atoms with van der Waals surface area (Å²) in [5.41, 5.74) is 2.75. The molecule has 0 bridgehead atoms. The number of fused-ring (bicyclic) bond motifs is 1. The van der Waals surface area contributed by atoms with Crippen molar-refractivity contribution in [2.45, 2.75) is 32.7 Å². The summed E-state index contributed by atoms with van der Waals surface area (Å²) in [5, 5.41) is 3.31. The molecule has 4 heteroatoms. The van der Waals surface area contributed by atoms with Gasteiger partial charge >= 0.3 is 0 Å². The number of para-hydroxylation sites is 1. The second-order valence-corrected chi connectivity index (χ2v) is 7.86. The first-order valence-corrected chi connectivity index (χ1v) is 9.08. The van der Waals surface area contributed by atoms with E-state index in [1.165, 1.54) is 0 Å². The van der Waals surface area contributed by atoms with Crippen LogP contribution in [0, 0.1) is 11.3 Å². The lowest BCUT2D eigenvalue weighted by molar-refractivity contribution is -0.126. The summed E-state index contributed by atoms with van der Waals surface area (Å²) in [7, 11) is 0. The van der Waals surface area contributed by atoms with Crippen LogP contribution in [-0.4, -0.2) is 23.5 Å². The van der Waals surface area contributed by atoms with E-state index in [1.54, 1.807) is 0 Å². The number of anilines is 1. The van der Waals surface area contributed by atoms with Crippen LogP contribution < -0.4 is 5.32 Å². The minimum atomic E-state index is -0.244. The molecule has 2 aromatic rings. The number of carbonyl (C=O) groups excluding carboxylic acids is 1. The van der Waals surface area contributed by atoms with Crippen LogP contribution in [0.25, 0.3) is 0 Å². The van der Waals surface area contributed by atoms with E-state index in [1.807, 2.05) is 60.7 Å². The van der Waals surface area contributed by atoms with Gasteiger partial charge in [0.2, 0.25) is 5.96 Å². The summed E-state index contributed by atoms with van der Waals surface area (Å²) in [6.07, 6.45) is 1.46. The molecule has 4 nitrogen and oxygen atoms in total. The molecule has 2 atom stereocenters. The van der Waals surface area contributed by atoms with Crippen molar-refractivity contribution in [3.8, 4) is 0 Å². The van der Waals surface area contributed by atoms with E-state index >= 15 is 0 Å². The van der Waals surface area contributed by atoms with Crippen LogP contribution in [0.15, 0.2) is 70.6 Å². The number of rotatable bonds is 2. The number of guanidine groups is 1. The quantitative estimate of drug-likeness (QED) is 0.881. The molecule has 4 rings (SSSR count). The molecule has 132 valence electrons. The van der Waals surface area contributed by atoms with Crippen LogP contribution in [0.5, 0.6) is 0 Å². The Labute approximate surface area is 154 Å². The molecule has 2 unspecified atom stereocenters. The molecule has 0 amide bonds. The molecule has 0 radical (unpaired) electrons. The molecular weight excluding hydrogens is 322 g/mol. The lowest BCUT2D eigenvalue weighted by Gasteiger charge is -2.40. The normalized spacial score (nSPS) is 24.3. The average Bonchev–Trinajstić information content (AvgIpc) is 2.61. The zero-order valence-corrected chi connectivity index (χ0v) is 15.1. The van der Waals surface area contributed by atoms with Gasteiger partial charge in [-0.25, -0.2) is 9.98 Å².